The maximum atomic E-state index is 11.7. The third-order valence-electron chi connectivity index (χ3n) is 3.40. The average Bonchev–Trinajstić information content (AvgIpc) is 2.81. The van der Waals surface area contributed by atoms with E-state index in [4.69, 9.17) is 9.47 Å². The molecule has 6 nitrogen and oxygen atoms in total. The molecule has 2 saturated heterocycles. The third-order valence-corrected chi connectivity index (χ3v) is 3.40. The Morgan fingerprint density at radius 3 is 3.00 bits per heavy atom. The van der Waals surface area contributed by atoms with Crippen LogP contribution in [0.5, 0.6) is 0 Å². The lowest BCUT2D eigenvalue weighted by Crippen LogP contribution is -2.44. The van der Waals surface area contributed by atoms with Gasteiger partial charge in [-0.1, -0.05) is 6.07 Å². The monoisotopic (exact) mass is 239 g/mol. The number of aliphatic hydroxyl groups excluding tert-OH is 2. The zero-order valence-electron chi connectivity index (χ0n) is 9.02. The van der Waals surface area contributed by atoms with Crippen LogP contribution in [0.25, 0.3) is 0 Å². The summed E-state index contributed by atoms with van der Waals surface area (Å²) in [4.78, 5) is 11.7. The first-order valence-corrected chi connectivity index (χ1v) is 5.43. The van der Waals surface area contributed by atoms with Crippen LogP contribution in [0.2, 0.25) is 0 Å². The summed E-state index contributed by atoms with van der Waals surface area (Å²) in [6, 6.07) is 4.74. The molecule has 3 heterocycles. The molecule has 0 amide bonds. The molecule has 6 heteroatoms. The molecule has 4 atom stereocenters. The number of hydrogen-bond acceptors (Lipinski definition) is 5. The quantitative estimate of drug-likeness (QED) is 0.682. The van der Waals surface area contributed by atoms with Crippen molar-refractivity contribution in [3.05, 3.63) is 34.7 Å². The van der Waals surface area contributed by atoms with Gasteiger partial charge in [0, 0.05) is 12.3 Å². The van der Waals surface area contributed by atoms with E-state index in [2.05, 4.69) is 0 Å². The second-order valence-corrected chi connectivity index (χ2v) is 4.40. The predicted molar refractivity (Wildman–Crippen MR) is 56.4 cm³/mol. The van der Waals surface area contributed by atoms with Crippen LogP contribution >= 0.6 is 0 Å². The number of hydrogen-bond donors (Lipinski definition) is 2. The van der Waals surface area contributed by atoms with Crippen LogP contribution in [-0.4, -0.2) is 45.8 Å². The van der Waals surface area contributed by atoms with Gasteiger partial charge in [0.05, 0.1) is 13.2 Å². The van der Waals surface area contributed by atoms with Crippen LogP contribution in [0, 0.1) is 0 Å². The topological polar surface area (TPSA) is 80.9 Å². The Kier molecular flexibility index (Phi) is 2.34. The normalized spacial score (nSPS) is 39.8. The number of rotatable bonds is 2. The number of nitrogens with zero attached hydrogens (tertiary/aromatic N) is 1. The molecule has 2 aliphatic heterocycles. The number of pyridine rings is 1. The summed E-state index contributed by atoms with van der Waals surface area (Å²) in [5.41, 5.74) is -1.32. The molecular formula is C11H13NO5. The van der Waals surface area contributed by atoms with Crippen LogP contribution in [0.15, 0.2) is 29.2 Å². The van der Waals surface area contributed by atoms with Gasteiger partial charge in [0.25, 0.3) is 5.56 Å². The highest BCUT2D eigenvalue weighted by Gasteiger charge is 2.61. The Bertz CT molecular complexity index is 487. The molecule has 2 N–H and O–H groups in total. The highest BCUT2D eigenvalue weighted by molar-refractivity contribution is 5.08. The van der Waals surface area contributed by atoms with Gasteiger partial charge in [-0.3, -0.25) is 9.36 Å². The van der Waals surface area contributed by atoms with Crippen molar-refractivity contribution in [2.75, 3.05) is 13.2 Å². The Balaban J connectivity index is 1.99. The summed E-state index contributed by atoms with van der Waals surface area (Å²) >= 11 is 0. The smallest absolute Gasteiger partial charge is 0.252 e. The molecule has 1 aromatic rings. The molecule has 0 aromatic carbocycles. The number of aliphatic hydroxyl groups is 2. The number of aromatic nitrogens is 1. The van der Waals surface area contributed by atoms with E-state index in [1.54, 1.807) is 18.3 Å². The molecule has 1 aromatic heterocycles. The maximum absolute atomic E-state index is 11.7. The van der Waals surface area contributed by atoms with Crippen molar-refractivity contribution in [3.63, 3.8) is 0 Å². The zero-order valence-corrected chi connectivity index (χ0v) is 9.02. The summed E-state index contributed by atoms with van der Waals surface area (Å²) in [7, 11) is 0. The number of ether oxygens (including phenoxy) is 2. The van der Waals surface area contributed by atoms with E-state index in [-0.39, 0.29) is 18.8 Å². The minimum atomic E-state index is -1.09. The van der Waals surface area contributed by atoms with Crippen molar-refractivity contribution in [1.29, 1.82) is 0 Å². The first-order valence-electron chi connectivity index (χ1n) is 5.43. The van der Waals surface area contributed by atoms with Gasteiger partial charge in [0.2, 0.25) is 0 Å². The van der Waals surface area contributed by atoms with E-state index in [0.29, 0.717) is 0 Å². The van der Waals surface area contributed by atoms with Crippen LogP contribution in [0.1, 0.15) is 6.23 Å². The molecule has 0 spiro atoms. The molecule has 0 saturated carbocycles. The number of fused-ring (bicyclic) bond motifs is 2. The van der Waals surface area contributed by atoms with Gasteiger partial charge in [0.1, 0.15) is 17.8 Å². The minimum Gasteiger partial charge on any atom is -0.393 e. The van der Waals surface area contributed by atoms with Gasteiger partial charge >= 0.3 is 0 Å². The van der Waals surface area contributed by atoms with Gasteiger partial charge in [-0.15, -0.1) is 0 Å². The lowest BCUT2D eigenvalue weighted by molar-refractivity contribution is -0.187. The summed E-state index contributed by atoms with van der Waals surface area (Å²) in [6.45, 7) is -0.184. The van der Waals surface area contributed by atoms with Gasteiger partial charge in [-0.2, -0.15) is 0 Å². The molecule has 2 bridgehead atoms. The molecular weight excluding hydrogens is 226 g/mol. The summed E-state index contributed by atoms with van der Waals surface area (Å²) in [6.07, 6.45) is -0.624. The maximum Gasteiger partial charge on any atom is 0.252 e. The highest BCUT2D eigenvalue weighted by atomic mass is 16.7. The Morgan fingerprint density at radius 2 is 2.35 bits per heavy atom. The SMILES string of the molecule is O=c1ccccn1C1O[C@@]2(CO)CO[C@@H]1[C@@H]2O. The standard InChI is InChI=1S/C11H13NO5/c13-5-11-6-16-8(9(11)15)10(17-11)12-4-2-1-3-7(12)14/h1-4,8-10,13,15H,5-6H2/t8-,9+,10?,11+/m1/s1. The molecule has 17 heavy (non-hydrogen) atoms. The zero-order chi connectivity index (χ0) is 12.0. The third kappa shape index (κ3) is 1.39. The fourth-order valence-corrected chi connectivity index (χ4v) is 2.40. The van der Waals surface area contributed by atoms with Crippen LogP contribution < -0.4 is 5.56 Å². The predicted octanol–water partition coefficient (Wildman–Crippen LogP) is -1.13. The van der Waals surface area contributed by atoms with Gasteiger partial charge < -0.3 is 19.7 Å². The molecule has 0 aliphatic carbocycles. The van der Waals surface area contributed by atoms with E-state index in [1.165, 1.54) is 10.6 Å². The fraction of sp³-hybridized carbons (Fsp3) is 0.545. The molecule has 92 valence electrons. The van der Waals surface area contributed by atoms with E-state index in [9.17, 15) is 15.0 Å². The highest BCUT2D eigenvalue weighted by Crippen LogP contribution is 2.44. The van der Waals surface area contributed by atoms with E-state index >= 15 is 0 Å². The van der Waals surface area contributed by atoms with E-state index in [0.717, 1.165) is 0 Å². The van der Waals surface area contributed by atoms with Gasteiger partial charge in [-0.05, 0) is 6.07 Å². The van der Waals surface area contributed by atoms with Crippen molar-refractivity contribution >= 4 is 0 Å². The molecule has 0 radical (unpaired) electrons. The van der Waals surface area contributed by atoms with Crippen LogP contribution in [-0.2, 0) is 9.47 Å². The van der Waals surface area contributed by atoms with Crippen molar-refractivity contribution < 1.29 is 19.7 Å². The van der Waals surface area contributed by atoms with Crippen molar-refractivity contribution in [2.45, 2.75) is 24.0 Å². The first-order chi connectivity index (χ1) is 8.18. The van der Waals surface area contributed by atoms with E-state index < -0.39 is 24.0 Å². The van der Waals surface area contributed by atoms with Crippen LogP contribution in [0.3, 0.4) is 0 Å². The molecule has 2 aliphatic rings. The largest absolute Gasteiger partial charge is 0.393 e. The summed E-state index contributed by atoms with van der Waals surface area (Å²) in [5.74, 6) is 0. The summed E-state index contributed by atoms with van der Waals surface area (Å²) in [5, 5.41) is 19.3. The second-order valence-electron chi connectivity index (χ2n) is 4.40. The van der Waals surface area contributed by atoms with Crippen molar-refractivity contribution in [2.24, 2.45) is 0 Å². The lowest BCUT2D eigenvalue weighted by Gasteiger charge is -2.29. The fourth-order valence-electron chi connectivity index (χ4n) is 2.40. The second kappa shape index (κ2) is 3.64. The molecule has 1 unspecified atom stereocenters. The van der Waals surface area contributed by atoms with Crippen LogP contribution in [0.4, 0.5) is 0 Å². The van der Waals surface area contributed by atoms with Gasteiger partial charge in [0.15, 0.2) is 6.23 Å². The molecule has 2 fully saturated rings. The van der Waals surface area contributed by atoms with Gasteiger partial charge in [-0.25, -0.2) is 0 Å². The summed E-state index contributed by atoms with van der Waals surface area (Å²) < 4.78 is 12.4. The minimum absolute atomic E-state index is 0.146. The Morgan fingerprint density at radius 1 is 1.53 bits per heavy atom. The Hall–Kier alpha value is -1.21. The van der Waals surface area contributed by atoms with Crippen molar-refractivity contribution in [3.8, 4) is 0 Å². The molecule has 3 rings (SSSR count). The van der Waals surface area contributed by atoms with Crippen molar-refractivity contribution in [1.82, 2.24) is 4.57 Å². The average molecular weight is 239 g/mol. The first kappa shape index (κ1) is 10.9. The lowest BCUT2D eigenvalue weighted by atomic mass is 10.0. The Labute approximate surface area is 97.0 Å². The van der Waals surface area contributed by atoms with E-state index in [1.807, 2.05) is 0 Å².